The summed E-state index contributed by atoms with van der Waals surface area (Å²) in [5.41, 5.74) is 3.36. The van der Waals surface area contributed by atoms with Crippen LogP contribution in [0.4, 0.5) is 5.82 Å². The number of nitrogens with one attached hydrogen (secondary N) is 1. The molecule has 2 heterocycles. The van der Waals surface area contributed by atoms with Crippen molar-refractivity contribution in [1.82, 2.24) is 20.0 Å². The first-order valence-corrected chi connectivity index (χ1v) is 7.97. The second-order valence-corrected chi connectivity index (χ2v) is 6.01. The van der Waals surface area contributed by atoms with Crippen LogP contribution in [0.1, 0.15) is 40.5 Å². The second-order valence-electron chi connectivity index (χ2n) is 6.01. The summed E-state index contributed by atoms with van der Waals surface area (Å²) in [4.78, 5) is 16.7. The maximum atomic E-state index is 12.6. The van der Waals surface area contributed by atoms with Crippen LogP contribution < -0.4 is 5.32 Å². The smallest absolute Gasteiger partial charge is 0.279 e. The van der Waals surface area contributed by atoms with E-state index >= 15 is 0 Å². The Hall–Kier alpha value is -3.02. The molecule has 24 heavy (non-hydrogen) atoms. The first-order chi connectivity index (χ1) is 11.7. The number of benzene rings is 1. The third-order valence-corrected chi connectivity index (χ3v) is 4.07. The van der Waals surface area contributed by atoms with Crippen molar-refractivity contribution in [3.63, 3.8) is 0 Å². The maximum Gasteiger partial charge on any atom is 0.279 e. The molecule has 1 aliphatic carbocycles. The predicted molar refractivity (Wildman–Crippen MR) is 90.3 cm³/mol. The number of hydrogen-bond acceptors (Lipinski definition) is 4. The Morgan fingerprint density at radius 3 is 2.62 bits per heavy atom. The summed E-state index contributed by atoms with van der Waals surface area (Å²) in [5, 5.41) is 11.2. The van der Waals surface area contributed by atoms with Crippen LogP contribution in [-0.2, 0) is 0 Å². The number of aryl methyl sites for hydroxylation is 1. The average molecular weight is 319 g/mol. The van der Waals surface area contributed by atoms with Crippen LogP contribution >= 0.6 is 0 Å². The highest BCUT2D eigenvalue weighted by molar-refractivity contribution is 6.03. The number of carbonyl (C=O) groups excluding carboxylic acids is 1. The molecule has 0 unspecified atom stereocenters. The lowest BCUT2D eigenvalue weighted by Gasteiger charge is -2.07. The molecule has 1 saturated carbocycles. The van der Waals surface area contributed by atoms with Crippen molar-refractivity contribution in [2.75, 3.05) is 5.32 Å². The summed E-state index contributed by atoms with van der Waals surface area (Å²) >= 11 is 0. The minimum absolute atomic E-state index is 0.269. The molecule has 0 bridgehead atoms. The first kappa shape index (κ1) is 14.6. The number of anilines is 1. The molecule has 0 aliphatic heterocycles. The lowest BCUT2D eigenvalue weighted by molar-refractivity contribution is 0.102. The van der Waals surface area contributed by atoms with Crippen LogP contribution in [0.2, 0.25) is 0 Å². The number of hydrogen-bond donors (Lipinski definition) is 1. The molecule has 3 aromatic rings. The normalized spacial score (nSPS) is 13.7. The van der Waals surface area contributed by atoms with Crippen molar-refractivity contribution >= 4 is 11.7 Å². The first-order valence-electron chi connectivity index (χ1n) is 7.97. The lowest BCUT2D eigenvalue weighted by atomic mass is 10.2. The minimum atomic E-state index is -0.269. The van der Waals surface area contributed by atoms with Gasteiger partial charge >= 0.3 is 0 Å². The Morgan fingerprint density at radius 1 is 1.17 bits per heavy atom. The molecule has 1 aliphatic rings. The topological polar surface area (TPSA) is 72.7 Å². The molecule has 120 valence electrons. The van der Waals surface area contributed by atoms with Gasteiger partial charge in [0.25, 0.3) is 5.91 Å². The molecule has 6 heteroatoms. The SMILES string of the molecule is Cc1ccc(-n2nnc(C(=O)Nc3ccccn3)c2C2CC2)cc1. The van der Waals surface area contributed by atoms with Crippen molar-refractivity contribution < 1.29 is 4.79 Å². The molecule has 2 aromatic heterocycles. The molecule has 1 N–H and O–H groups in total. The van der Waals surface area contributed by atoms with Gasteiger partial charge in [-0.3, -0.25) is 4.79 Å². The van der Waals surface area contributed by atoms with Gasteiger partial charge < -0.3 is 5.32 Å². The number of aromatic nitrogens is 4. The van der Waals surface area contributed by atoms with Gasteiger partial charge in [-0.2, -0.15) is 0 Å². The van der Waals surface area contributed by atoms with Gasteiger partial charge in [0.05, 0.1) is 11.4 Å². The van der Waals surface area contributed by atoms with Gasteiger partial charge in [0.2, 0.25) is 0 Å². The van der Waals surface area contributed by atoms with E-state index in [1.165, 1.54) is 5.56 Å². The van der Waals surface area contributed by atoms with E-state index in [0.717, 1.165) is 24.2 Å². The van der Waals surface area contributed by atoms with Gasteiger partial charge in [0.1, 0.15) is 5.82 Å². The minimum Gasteiger partial charge on any atom is -0.305 e. The van der Waals surface area contributed by atoms with E-state index in [-0.39, 0.29) is 5.91 Å². The van der Waals surface area contributed by atoms with Gasteiger partial charge in [-0.15, -0.1) is 5.10 Å². The van der Waals surface area contributed by atoms with Crippen molar-refractivity contribution in [2.24, 2.45) is 0 Å². The van der Waals surface area contributed by atoms with Gasteiger partial charge in [0, 0.05) is 12.1 Å². The molecule has 1 fully saturated rings. The Bertz CT molecular complexity index is 866. The third-order valence-electron chi connectivity index (χ3n) is 4.07. The van der Waals surface area contributed by atoms with Crippen LogP contribution in [0.25, 0.3) is 5.69 Å². The average Bonchev–Trinajstić information content (AvgIpc) is 3.34. The lowest BCUT2D eigenvalue weighted by Crippen LogP contribution is -2.16. The van der Waals surface area contributed by atoms with Crippen LogP contribution in [0.3, 0.4) is 0 Å². The standard InChI is InChI=1S/C18H17N5O/c1-12-5-9-14(10-6-12)23-17(13-7-8-13)16(21-22-23)18(24)20-15-4-2-3-11-19-15/h2-6,9-11,13H,7-8H2,1H3,(H,19,20,24). The van der Waals surface area contributed by atoms with E-state index in [9.17, 15) is 4.79 Å². The highest BCUT2D eigenvalue weighted by atomic mass is 16.2. The van der Waals surface area contributed by atoms with Crippen LogP contribution in [0.5, 0.6) is 0 Å². The molecule has 0 atom stereocenters. The Labute approximate surface area is 139 Å². The molecular weight excluding hydrogens is 302 g/mol. The van der Waals surface area contributed by atoms with Crippen molar-refractivity contribution in [2.45, 2.75) is 25.7 Å². The molecule has 1 aromatic carbocycles. The van der Waals surface area contributed by atoms with Crippen LogP contribution in [0.15, 0.2) is 48.7 Å². The van der Waals surface area contributed by atoms with E-state index in [2.05, 4.69) is 20.6 Å². The molecule has 0 spiro atoms. The van der Waals surface area contributed by atoms with Crippen LogP contribution in [-0.4, -0.2) is 25.9 Å². The van der Waals surface area contributed by atoms with Gasteiger partial charge in [0.15, 0.2) is 5.69 Å². The van der Waals surface area contributed by atoms with E-state index < -0.39 is 0 Å². The molecule has 4 rings (SSSR count). The van der Waals surface area contributed by atoms with E-state index in [1.54, 1.807) is 23.0 Å². The summed E-state index contributed by atoms with van der Waals surface area (Å²) in [6.07, 6.45) is 3.76. The monoisotopic (exact) mass is 319 g/mol. The Morgan fingerprint density at radius 2 is 1.96 bits per heavy atom. The molecular formula is C18H17N5O. The van der Waals surface area contributed by atoms with Crippen molar-refractivity contribution in [1.29, 1.82) is 0 Å². The second kappa shape index (κ2) is 5.88. The fraction of sp³-hybridized carbons (Fsp3) is 0.222. The van der Waals surface area contributed by atoms with E-state index in [4.69, 9.17) is 0 Å². The molecule has 6 nitrogen and oxygen atoms in total. The largest absolute Gasteiger partial charge is 0.305 e. The Kier molecular flexibility index (Phi) is 3.57. The fourth-order valence-corrected chi connectivity index (χ4v) is 2.66. The summed E-state index contributed by atoms with van der Waals surface area (Å²) in [5.74, 6) is 0.578. The summed E-state index contributed by atoms with van der Waals surface area (Å²) < 4.78 is 1.78. The van der Waals surface area contributed by atoms with Gasteiger partial charge in [-0.25, -0.2) is 9.67 Å². The fourth-order valence-electron chi connectivity index (χ4n) is 2.66. The number of rotatable bonds is 4. The highest BCUT2D eigenvalue weighted by Gasteiger charge is 2.34. The maximum absolute atomic E-state index is 12.6. The van der Waals surface area contributed by atoms with Gasteiger partial charge in [-0.1, -0.05) is 29.0 Å². The molecule has 0 radical (unpaired) electrons. The number of carbonyl (C=O) groups is 1. The van der Waals surface area contributed by atoms with Crippen molar-refractivity contribution in [3.05, 3.63) is 65.6 Å². The summed E-state index contributed by atoms with van der Waals surface area (Å²) in [6.45, 7) is 2.04. The molecule has 0 saturated heterocycles. The quantitative estimate of drug-likeness (QED) is 0.802. The van der Waals surface area contributed by atoms with Crippen LogP contribution in [0, 0.1) is 6.92 Å². The zero-order chi connectivity index (χ0) is 16.5. The third kappa shape index (κ3) is 2.78. The number of pyridine rings is 1. The van der Waals surface area contributed by atoms with Crippen molar-refractivity contribution in [3.8, 4) is 5.69 Å². The molecule has 1 amide bonds. The highest BCUT2D eigenvalue weighted by Crippen LogP contribution is 2.42. The number of nitrogens with zero attached hydrogens (tertiary/aromatic N) is 4. The summed E-state index contributed by atoms with van der Waals surface area (Å²) in [6, 6.07) is 13.4. The summed E-state index contributed by atoms with van der Waals surface area (Å²) in [7, 11) is 0. The van der Waals surface area contributed by atoms with E-state index in [0.29, 0.717) is 17.4 Å². The Balaban J connectivity index is 1.69. The predicted octanol–water partition coefficient (Wildman–Crippen LogP) is 3.10. The van der Waals surface area contributed by atoms with E-state index in [1.807, 2.05) is 37.3 Å². The van der Waals surface area contributed by atoms with Gasteiger partial charge in [-0.05, 0) is 44.0 Å². The zero-order valence-corrected chi connectivity index (χ0v) is 13.3. The number of amides is 1. The zero-order valence-electron chi connectivity index (χ0n) is 13.3.